The molecule has 0 radical (unpaired) electrons. The number of aliphatic hydroxyl groups is 1. The van der Waals surface area contributed by atoms with Gasteiger partial charge in [0.1, 0.15) is 12.0 Å². The zero-order valence-electron chi connectivity index (χ0n) is 21.8. The summed E-state index contributed by atoms with van der Waals surface area (Å²) in [4.78, 5) is 18.7. The van der Waals surface area contributed by atoms with Crippen LogP contribution in [0.3, 0.4) is 0 Å². The van der Waals surface area contributed by atoms with Crippen molar-refractivity contribution >= 4 is 22.5 Å². The van der Waals surface area contributed by atoms with E-state index in [-0.39, 0.29) is 0 Å². The predicted octanol–water partition coefficient (Wildman–Crippen LogP) is 5.32. The Morgan fingerprint density at radius 3 is 2.42 bits per heavy atom. The molecule has 3 heterocycles. The number of fused-ring (bicyclic) bond motifs is 1. The minimum absolute atomic E-state index is 0.348. The number of nitrogens with zero attached hydrogens (tertiary/aromatic N) is 5. The Bertz CT molecular complexity index is 1330. The van der Waals surface area contributed by atoms with Gasteiger partial charge < -0.3 is 15.3 Å². The lowest BCUT2D eigenvalue weighted by Gasteiger charge is -2.35. The highest BCUT2D eigenvalue weighted by atomic mass is 16.3. The molecule has 4 aromatic rings. The lowest BCUT2D eigenvalue weighted by molar-refractivity contribution is 0.109. The van der Waals surface area contributed by atoms with E-state index in [1.54, 1.807) is 0 Å². The quantitative estimate of drug-likeness (QED) is 0.327. The molecule has 2 aliphatic rings. The molecule has 2 N–H and O–H groups in total. The van der Waals surface area contributed by atoms with Crippen LogP contribution in [-0.4, -0.2) is 57.4 Å². The Balaban J connectivity index is 1.11. The highest BCUT2D eigenvalue weighted by Crippen LogP contribution is 2.29. The van der Waals surface area contributed by atoms with Crippen LogP contribution in [-0.2, 0) is 6.54 Å². The third-order valence-electron chi connectivity index (χ3n) is 7.98. The van der Waals surface area contributed by atoms with E-state index in [0.717, 1.165) is 79.2 Å². The molecule has 38 heavy (non-hydrogen) atoms. The maximum atomic E-state index is 10.6. The first kappa shape index (κ1) is 24.8. The van der Waals surface area contributed by atoms with Crippen LogP contribution in [0.4, 0.5) is 11.5 Å². The predicted molar refractivity (Wildman–Crippen MR) is 153 cm³/mol. The molecule has 0 spiro atoms. The van der Waals surface area contributed by atoms with E-state index in [1.807, 2.05) is 30.7 Å². The van der Waals surface area contributed by atoms with E-state index in [0.29, 0.717) is 5.92 Å². The number of benzene rings is 2. The van der Waals surface area contributed by atoms with E-state index in [9.17, 15) is 5.11 Å². The molecule has 1 saturated heterocycles. The molecular formula is C31H36N6O. The molecular weight excluding hydrogens is 472 g/mol. The summed E-state index contributed by atoms with van der Waals surface area (Å²) < 4.78 is 0. The third-order valence-corrected chi connectivity index (χ3v) is 7.98. The summed E-state index contributed by atoms with van der Waals surface area (Å²) in [6.07, 6.45) is 11.1. The van der Waals surface area contributed by atoms with Gasteiger partial charge in [-0.1, -0.05) is 43.5 Å². The van der Waals surface area contributed by atoms with E-state index in [4.69, 9.17) is 9.97 Å². The minimum Gasteiger partial charge on any atom is -0.374 e. The summed E-state index contributed by atoms with van der Waals surface area (Å²) in [5.74, 6) is 1.28. The minimum atomic E-state index is -0.479. The second kappa shape index (κ2) is 11.5. The number of aromatic nitrogens is 3. The molecule has 1 aliphatic carbocycles. The van der Waals surface area contributed by atoms with Crippen LogP contribution in [0.5, 0.6) is 0 Å². The molecule has 7 nitrogen and oxygen atoms in total. The summed E-state index contributed by atoms with van der Waals surface area (Å²) in [5, 5.41) is 13.9. The second-order valence-corrected chi connectivity index (χ2v) is 10.6. The van der Waals surface area contributed by atoms with Crippen molar-refractivity contribution in [2.24, 2.45) is 5.92 Å². The molecule has 2 aromatic carbocycles. The van der Waals surface area contributed by atoms with Crippen molar-refractivity contribution in [1.82, 2.24) is 19.9 Å². The Morgan fingerprint density at radius 2 is 1.66 bits per heavy atom. The number of hydrogen-bond acceptors (Lipinski definition) is 7. The molecule has 1 aliphatic heterocycles. The van der Waals surface area contributed by atoms with Crippen molar-refractivity contribution in [2.75, 3.05) is 36.4 Å². The van der Waals surface area contributed by atoms with Gasteiger partial charge in [0.25, 0.3) is 0 Å². The highest BCUT2D eigenvalue weighted by Gasteiger charge is 2.22. The SMILES string of the molecule is OC(Nc1ccc(-c2ccc3ncc(N4CCN(Cc5cccnc5)CC4)nc3c2)cc1)C1CCCCC1. The van der Waals surface area contributed by atoms with Crippen LogP contribution < -0.4 is 10.2 Å². The van der Waals surface area contributed by atoms with Crippen molar-refractivity contribution in [3.8, 4) is 11.1 Å². The van der Waals surface area contributed by atoms with Crippen LogP contribution in [0.25, 0.3) is 22.2 Å². The zero-order chi connectivity index (χ0) is 25.7. The molecule has 2 aromatic heterocycles. The van der Waals surface area contributed by atoms with E-state index < -0.39 is 6.23 Å². The van der Waals surface area contributed by atoms with Gasteiger partial charge in [0.05, 0.1) is 17.2 Å². The molecule has 1 atom stereocenters. The number of nitrogens with one attached hydrogen (secondary N) is 1. The summed E-state index contributed by atoms with van der Waals surface area (Å²) in [7, 11) is 0. The number of aliphatic hydroxyl groups excluding tert-OH is 1. The normalized spacial score (nSPS) is 18.0. The second-order valence-electron chi connectivity index (χ2n) is 10.6. The maximum absolute atomic E-state index is 10.6. The Labute approximate surface area is 224 Å². The Kier molecular flexibility index (Phi) is 7.47. The van der Waals surface area contributed by atoms with Gasteiger partial charge in [0.15, 0.2) is 0 Å². The molecule has 0 bridgehead atoms. The van der Waals surface area contributed by atoms with Crippen LogP contribution in [0.1, 0.15) is 37.7 Å². The summed E-state index contributed by atoms with van der Waals surface area (Å²) >= 11 is 0. The van der Waals surface area contributed by atoms with Gasteiger partial charge in [0, 0.05) is 56.7 Å². The van der Waals surface area contributed by atoms with Gasteiger partial charge in [-0.15, -0.1) is 0 Å². The van der Waals surface area contributed by atoms with Gasteiger partial charge in [-0.25, -0.2) is 4.98 Å². The summed E-state index contributed by atoms with van der Waals surface area (Å²) in [6.45, 7) is 4.78. The summed E-state index contributed by atoms with van der Waals surface area (Å²) in [6, 6.07) is 18.7. The van der Waals surface area contributed by atoms with E-state index in [1.165, 1.54) is 24.8 Å². The monoisotopic (exact) mass is 508 g/mol. The van der Waals surface area contributed by atoms with Gasteiger partial charge in [-0.3, -0.25) is 14.9 Å². The first-order valence-electron chi connectivity index (χ1n) is 13.9. The molecule has 6 rings (SSSR count). The number of rotatable bonds is 7. The van der Waals surface area contributed by atoms with Crippen molar-refractivity contribution in [2.45, 2.75) is 44.9 Å². The van der Waals surface area contributed by atoms with Crippen molar-refractivity contribution in [3.05, 3.63) is 78.8 Å². The number of hydrogen-bond donors (Lipinski definition) is 2. The fourth-order valence-electron chi connectivity index (χ4n) is 5.72. The topological polar surface area (TPSA) is 77.4 Å². The number of piperazine rings is 1. The smallest absolute Gasteiger partial charge is 0.147 e. The lowest BCUT2D eigenvalue weighted by atomic mass is 9.88. The van der Waals surface area contributed by atoms with Crippen LogP contribution in [0.15, 0.2) is 73.2 Å². The van der Waals surface area contributed by atoms with Gasteiger partial charge in [-0.2, -0.15) is 0 Å². The first-order chi connectivity index (χ1) is 18.7. The van der Waals surface area contributed by atoms with Crippen molar-refractivity contribution in [3.63, 3.8) is 0 Å². The van der Waals surface area contributed by atoms with Gasteiger partial charge in [-0.05, 0) is 59.9 Å². The molecule has 1 saturated carbocycles. The first-order valence-corrected chi connectivity index (χ1v) is 13.9. The maximum Gasteiger partial charge on any atom is 0.147 e. The molecule has 196 valence electrons. The van der Waals surface area contributed by atoms with Crippen LogP contribution in [0, 0.1) is 5.92 Å². The van der Waals surface area contributed by atoms with Gasteiger partial charge in [0.2, 0.25) is 0 Å². The largest absolute Gasteiger partial charge is 0.374 e. The Hall–Kier alpha value is -3.55. The molecule has 7 heteroatoms. The third kappa shape index (κ3) is 5.79. The fourth-order valence-corrected chi connectivity index (χ4v) is 5.72. The Morgan fingerprint density at radius 1 is 0.868 bits per heavy atom. The van der Waals surface area contributed by atoms with E-state index in [2.05, 4.69) is 62.6 Å². The molecule has 2 fully saturated rings. The van der Waals surface area contributed by atoms with Crippen LogP contribution in [0.2, 0.25) is 0 Å². The summed E-state index contributed by atoms with van der Waals surface area (Å²) in [5.41, 5.74) is 6.26. The lowest BCUT2D eigenvalue weighted by Crippen LogP contribution is -2.46. The standard InChI is InChI=1S/C31H36N6O/c38-31(25-6-2-1-3-7-25)34-27-11-8-24(9-12-27)26-10-13-28-29(19-26)35-30(21-33-28)37-17-15-36(16-18-37)22-23-5-4-14-32-20-23/h4-5,8-14,19-21,25,31,34,38H,1-3,6-7,15-18,22H2. The average Bonchev–Trinajstić information content (AvgIpc) is 2.98. The number of anilines is 2. The molecule has 1 unspecified atom stereocenters. The number of pyridine rings is 1. The zero-order valence-corrected chi connectivity index (χ0v) is 21.8. The van der Waals surface area contributed by atoms with E-state index >= 15 is 0 Å². The fraction of sp³-hybridized carbons (Fsp3) is 0.387. The van der Waals surface area contributed by atoms with Crippen molar-refractivity contribution < 1.29 is 5.11 Å². The van der Waals surface area contributed by atoms with Gasteiger partial charge >= 0.3 is 0 Å². The average molecular weight is 509 g/mol. The highest BCUT2D eigenvalue weighted by molar-refractivity contribution is 5.82. The van der Waals surface area contributed by atoms with Crippen molar-refractivity contribution in [1.29, 1.82) is 0 Å². The van der Waals surface area contributed by atoms with Crippen LogP contribution >= 0.6 is 0 Å². The molecule has 0 amide bonds.